The molecule has 0 amide bonds. The number of hydrogen-bond donors (Lipinski definition) is 1. The lowest BCUT2D eigenvalue weighted by atomic mass is 9.77. The number of hydrogen-bond acceptors (Lipinski definition) is 1. The van der Waals surface area contributed by atoms with Gasteiger partial charge in [-0.05, 0) is 55.3 Å². The maximum atomic E-state index is 5.94. The summed E-state index contributed by atoms with van der Waals surface area (Å²) in [6.07, 6.45) is 4.75. The monoisotopic (exact) mass is 267 g/mol. The van der Waals surface area contributed by atoms with Crippen LogP contribution in [0, 0.1) is 5.41 Å². The minimum atomic E-state index is 0.378. The molecule has 0 aliphatic carbocycles. The van der Waals surface area contributed by atoms with Crippen molar-refractivity contribution >= 4 is 11.6 Å². The third kappa shape index (κ3) is 4.62. The zero-order valence-electron chi connectivity index (χ0n) is 11.9. The van der Waals surface area contributed by atoms with E-state index in [9.17, 15) is 0 Å². The first-order valence-corrected chi connectivity index (χ1v) is 7.48. The molecule has 0 bridgehead atoms. The highest BCUT2D eigenvalue weighted by atomic mass is 35.5. The Morgan fingerprint density at radius 1 is 1.06 bits per heavy atom. The Morgan fingerprint density at radius 3 is 2.17 bits per heavy atom. The number of rotatable bonds is 8. The molecule has 0 atom stereocenters. The molecule has 0 saturated heterocycles. The molecule has 0 unspecified atom stereocenters. The summed E-state index contributed by atoms with van der Waals surface area (Å²) in [5, 5.41) is 4.40. The average molecular weight is 268 g/mol. The lowest BCUT2D eigenvalue weighted by molar-refractivity contribution is 0.247. The number of nitrogens with one attached hydrogen (secondary N) is 1. The molecule has 102 valence electrons. The van der Waals surface area contributed by atoms with Crippen LogP contribution < -0.4 is 5.32 Å². The van der Waals surface area contributed by atoms with Crippen molar-refractivity contribution in [2.24, 2.45) is 5.41 Å². The van der Waals surface area contributed by atoms with Crippen LogP contribution in [0.1, 0.15) is 45.6 Å². The van der Waals surface area contributed by atoms with E-state index in [1.165, 1.54) is 24.8 Å². The van der Waals surface area contributed by atoms with E-state index in [-0.39, 0.29) is 0 Å². The Bertz CT molecular complexity index is 327. The molecule has 1 N–H and O–H groups in total. The molecule has 1 rings (SSSR count). The van der Waals surface area contributed by atoms with Crippen molar-refractivity contribution in [1.29, 1.82) is 0 Å². The normalized spacial score (nSPS) is 11.8. The van der Waals surface area contributed by atoms with Crippen molar-refractivity contribution in [3.63, 3.8) is 0 Å². The van der Waals surface area contributed by atoms with Gasteiger partial charge >= 0.3 is 0 Å². The topological polar surface area (TPSA) is 12.0 Å². The van der Waals surface area contributed by atoms with Crippen molar-refractivity contribution in [2.45, 2.75) is 46.5 Å². The van der Waals surface area contributed by atoms with Crippen molar-refractivity contribution in [3.05, 3.63) is 34.9 Å². The van der Waals surface area contributed by atoms with E-state index in [4.69, 9.17) is 11.6 Å². The van der Waals surface area contributed by atoms with Gasteiger partial charge in [0, 0.05) is 11.6 Å². The predicted molar refractivity (Wildman–Crippen MR) is 81.3 cm³/mol. The molecule has 18 heavy (non-hydrogen) atoms. The molecule has 0 spiro atoms. The first kappa shape index (κ1) is 15.5. The highest BCUT2D eigenvalue weighted by Crippen LogP contribution is 2.30. The van der Waals surface area contributed by atoms with Gasteiger partial charge < -0.3 is 5.32 Å². The summed E-state index contributed by atoms with van der Waals surface area (Å²) >= 11 is 5.94. The second kappa shape index (κ2) is 7.81. The fourth-order valence-corrected chi connectivity index (χ4v) is 2.50. The highest BCUT2D eigenvalue weighted by Gasteiger charge is 2.25. The van der Waals surface area contributed by atoms with E-state index in [0.717, 1.165) is 24.5 Å². The van der Waals surface area contributed by atoms with Crippen LogP contribution in [0.2, 0.25) is 5.02 Å². The molecule has 0 aliphatic heterocycles. The van der Waals surface area contributed by atoms with Crippen molar-refractivity contribution in [3.8, 4) is 0 Å². The van der Waals surface area contributed by atoms with Gasteiger partial charge in [0.1, 0.15) is 0 Å². The highest BCUT2D eigenvalue weighted by molar-refractivity contribution is 6.30. The van der Waals surface area contributed by atoms with E-state index in [1.54, 1.807) is 0 Å². The molecule has 0 aliphatic rings. The Kier molecular flexibility index (Phi) is 6.73. The van der Waals surface area contributed by atoms with E-state index in [2.05, 4.69) is 38.2 Å². The molecule has 1 aromatic rings. The van der Waals surface area contributed by atoms with E-state index in [0.29, 0.717) is 5.41 Å². The maximum absolute atomic E-state index is 5.94. The second-order valence-corrected chi connectivity index (χ2v) is 5.62. The predicted octanol–water partition coefficient (Wildman–Crippen LogP) is 4.69. The van der Waals surface area contributed by atoms with E-state index < -0.39 is 0 Å². The first-order valence-electron chi connectivity index (χ1n) is 7.11. The lowest BCUT2D eigenvalue weighted by Crippen LogP contribution is -2.35. The Labute approximate surface area is 117 Å². The third-order valence-corrected chi connectivity index (χ3v) is 4.17. The van der Waals surface area contributed by atoms with Gasteiger partial charge in [0.25, 0.3) is 0 Å². The SMILES string of the molecule is CCCNCC(CC)(CC)Cc1ccc(Cl)cc1. The van der Waals surface area contributed by atoms with Crippen LogP contribution in [0.5, 0.6) is 0 Å². The van der Waals surface area contributed by atoms with Gasteiger partial charge in [0.05, 0.1) is 0 Å². The first-order chi connectivity index (χ1) is 8.65. The number of benzene rings is 1. The smallest absolute Gasteiger partial charge is 0.0406 e. The summed E-state index contributed by atoms with van der Waals surface area (Å²) in [6, 6.07) is 8.29. The van der Waals surface area contributed by atoms with E-state index >= 15 is 0 Å². The van der Waals surface area contributed by atoms with Crippen LogP contribution in [0.4, 0.5) is 0 Å². The summed E-state index contributed by atoms with van der Waals surface area (Å²) in [7, 11) is 0. The zero-order chi connectivity index (χ0) is 13.4. The van der Waals surface area contributed by atoms with Gasteiger partial charge in [-0.1, -0.05) is 44.5 Å². The van der Waals surface area contributed by atoms with Crippen LogP contribution in [0.25, 0.3) is 0 Å². The molecule has 1 aromatic carbocycles. The average Bonchev–Trinajstić information content (AvgIpc) is 2.40. The van der Waals surface area contributed by atoms with Crippen LogP contribution in [-0.4, -0.2) is 13.1 Å². The third-order valence-electron chi connectivity index (χ3n) is 3.92. The van der Waals surface area contributed by atoms with Gasteiger partial charge in [-0.25, -0.2) is 0 Å². The minimum Gasteiger partial charge on any atom is -0.316 e. The molecule has 0 aromatic heterocycles. The van der Waals surface area contributed by atoms with Gasteiger partial charge in [-0.15, -0.1) is 0 Å². The quantitative estimate of drug-likeness (QED) is 0.674. The van der Waals surface area contributed by atoms with Crippen molar-refractivity contribution in [1.82, 2.24) is 5.32 Å². The van der Waals surface area contributed by atoms with Crippen LogP contribution in [-0.2, 0) is 6.42 Å². The van der Waals surface area contributed by atoms with Crippen LogP contribution >= 0.6 is 11.6 Å². The second-order valence-electron chi connectivity index (χ2n) is 5.19. The molecule has 0 heterocycles. The van der Waals surface area contributed by atoms with E-state index in [1.807, 2.05) is 12.1 Å². The van der Waals surface area contributed by atoms with Crippen molar-refractivity contribution in [2.75, 3.05) is 13.1 Å². The van der Waals surface area contributed by atoms with Gasteiger partial charge in [0.15, 0.2) is 0 Å². The molecular weight excluding hydrogens is 242 g/mol. The molecule has 2 heteroatoms. The summed E-state index contributed by atoms with van der Waals surface area (Å²) in [6.45, 7) is 9.03. The summed E-state index contributed by atoms with van der Waals surface area (Å²) < 4.78 is 0. The van der Waals surface area contributed by atoms with Gasteiger partial charge in [-0.2, -0.15) is 0 Å². The maximum Gasteiger partial charge on any atom is 0.0406 e. The largest absolute Gasteiger partial charge is 0.316 e. The molecular formula is C16H26ClN. The van der Waals surface area contributed by atoms with Crippen LogP contribution in [0.15, 0.2) is 24.3 Å². The number of halogens is 1. The Morgan fingerprint density at radius 2 is 1.67 bits per heavy atom. The summed E-state index contributed by atoms with van der Waals surface area (Å²) in [5.41, 5.74) is 1.77. The summed E-state index contributed by atoms with van der Waals surface area (Å²) in [5.74, 6) is 0. The minimum absolute atomic E-state index is 0.378. The molecule has 0 saturated carbocycles. The standard InChI is InChI=1S/C16H26ClN/c1-4-11-18-13-16(5-2,6-3)12-14-7-9-15(17)10-8-14/h7-10,18H,4-6,11-13H2,1-3H3. The fraction of sp³-hybridized carbons (Fsp3) is 0.625. The van der Waals surface area contributed by atoms with Gasteiger partial charge in [0.2, 0.25) is 0 Å². The van der Waals surface area contributed by atoms with Crippen molar-refractivity contribution < 1.29 is 0 Å². The Balaban J connectivity index is 2.68. The molecule has 0 fully saturated rings. The lowest BCUT2D eigenvalue weighted by Gasteiger charge is -2.32. The molecule has 0 radical (unpaired) electrons. The molecule has 1 nitrogen and oxygen atoms in total. The zero-order valence-corrected chi connectivity index (χ0v) is 12.7. The Hall–Kier alpha value is -0.530. The van der Waals surface area contributed by atoms with Crippen LogP contribution in [0.3, 0.4) is 0 Å². The fourth-order valence-electron chi connectivity index (χ4n) is 2.38. The van der Waals surface area contributed by atoms with Gasteiger partial charge in [-0.3, -0.25) is 0 Å². The summed E-state index contributed by atoms with van der Waals surface area (Å²) in [4.78, 5) is 0.